The van der Waals surface area contributed by atoms with Crippen LogP contribution in [0.5, 0.6) is 0 Å². The highest BCUT2D eigenvalue weighted by Crippen LogP contribution is 2.14. The average molecular weight is 248 g/mol. The van der Waals surface area contributed by atoms with Crippen molar-refractivity contribution in [2.75, 3.05) is 5.88 Å². The van der Waals surface area contributed by atoms with E-state index in [4.69, 9.17) is 11.6 Å². The molecule has 12 heavy (non-hydrogen) atoms. The largest absolute Gasteiger partial charge is 0.127 e. The molecule has 0 unspecified atom stereocenters. The van der Waals surface area contributed by atoms with Crippen LogP contribution in [0.4, 0.5) is 0 Å². The summed E-state index contributed by atoms with van der Waals surface area (Å²) in [5.74, 6) is 0.747. The summed E-state index contributed by atoms with van der Waals surface area (Å²) in [6.07, 6.45) is 2.15. The van der Waals surface area contributed by atoms with Gasteiger partial charge >= 0.3 is 0 Å². The van der Waals surface area contributed by atoms with Gasteiger partial charge in [-0.1, -0.05) is 40.2 Å². The van der Waals surface area contributed by atoms with Crippen LogP contribution < -0.4 is 0 Å². The van der Waals surface area contributed by atoms with Gasteiger partial charge in [0, 0.05) is 11.2 Å². The molecular formula is C10H12BrCl. The van der Waals surface area contributed by atoms with Crippen molar-refractivity contribution in [2.45, 2.75) is 18.2 Å². The van der Waals surface area contributed by atoms with Crippen LogP contribution in [-0.4, -0.2) is 5.88 Å². The lowest BCUT2D eigenvalue weighted by Gasteiger charge is -2.04. The zero-order valence-electron chi connectivity index (χ0n) is 6.89. The van der Waals surface area contributed by atoms with E-state index >= 15 is 0 Å². The lowest BCUT2D eigenvalue weighted by molar-refractivity contribution is 0.918. The summed E-state index contributed by atoms with van der Waals surface area (Å²) in [6.45, 7) is 0. The zero-order chi connectivity index (χ0) is 8.81. The first-order chi connectivity index (χ1) is 5.88. The SMILES string of the molecule is ClCCCc1ccccc1CBr. The first-order valence-electron chi connectivity index (χ1n) is 4.07. The highest BCUT2D eigenvalue weighted by Gasteiger charge is 1.98. The molecule has 0 saturated heterocycles. The quantitative estimate of drug-likeness (QED) is 0.711. The smallest absolute Gasteiger partial charge is 0.0285 e. The van der Waals surface area contributed by atoms with Crippen molar-refractivity contribution in [3.8, 4) is 0 Å². The third kappa shape index (κ3) is 2.80. The fraction of sp³-hybridized carbons (Fsp3) is 0.400. The van der Waals surface area contributed by atoms with Crippen LogP contribution in [0.15, 0.2) is 24.3 Å². The predicted octanol–water partition coefficient (Wildman–Crippen LogP) is 3.75. The van der Waals surface area contributed by atoms with Crippen molar-refractivity contribution in [2.24, 2.45) is 0 Å². The molecule has 0 radical (unpaired) electrons. The summed E-state index contributed by atoms with van der Waals surface area (Å²) < 4.78 is 0. The molecule has 1 aromatic carbocycles. The number of hydrogen-bond donors (Lipinski definition) is 0. The minimum atomic E-state index is 0.747. The number of aryl methyl sites for hydroxylation is 1. The molecule has 0 heterocycles. The van der Waals surface area contributed by atoms with Crippen LogP contribution in [0.25, 0.3) is 0 Å². The van der Waals surface area contributed by atoms with E-state index < -0.39 is 0 Å². The van der Waals surface area contributed by atoms with Crippen molar-refractivity contribution >= 4 is 27.5 Å². The van der Waals surface area contributed by atoms with E-state index in [-0.39, 0.29) is 0 Å². The van der Waals surface area contributed by atoms with Gasteiger partial charge in [-0.25, -0.2) is 0 Å². The molecule has 1 aromatic rings. The predicted molar refractivity (Wildman–Crippen MR) is 58.1 cm³/mol. The molecule has 0 aromatic heterocycles. The van der Waals surface area contributed by atoms with Crippen molar-refractivity contribution in [1.82, 2.24) is 0 Å². The monoisotopic (exact) mass is 246 g/mol. The second kappa shape index (κ2) is 5.60. The normalized spacial score (nSPS) is 10.2. The maximum absolute atomic E-state index is 5.64. The molecule has 0 aliphatic rings. The van der Waals surface area contributed by atoms with Gasteiger partial charge in [-0.3, -0.25) is 0 Å². The minimum Gasteiger partial charge on any atom is -0.127 e. The number of halogens is 2. The lowest BCUT2D eigenvalue weighted by atomic mass is 10.1. The van der Waals surface area contributed by atoms with Gasteiger partial charge in [0.1, 0.15) is 0 Å². The number of rotatable bonds is 4. The molecule has 0 N–H and O–H groups in total. The van der Waals surface area contributed by atoms with Gasteiger partial charge in [-0.05, 0) is 24.0 Å². The van der Waals surface area contributed by atoms with Gasteiger partial charge in [-0.15, -0.1) is 11.6 Å². The number of hydrogen-bond acceptors (Lipinski definition) is 0. The van der Waals surface area contributed by atoms with E-state index in [2.05, 4.69) is 40.2 Å². The Morgan fingerprint density at radius 3 is 2.42 bits per heavy atom. The molecule has 0 saturated carbocycles. The van der Waals surface area contributed by atoms with Crippen molar-refractivity contribution < 1.29 is 0 Å². The molecule has 2 heteroatoms. The van der Waals surface area contributed by atoms with Gasteiger partial charge in [0.15, 0.2) is 0 Å². The summed E-state index contributed by atoms with van der Waals surface area (Å²) in [5, 5.41) is 0.936. The molecule has 0 aliphatic carbocycles. The fourth-order valence-corrected chi connectivity index (χ4v) is 1.87. The van der Waals surface area contributed by atoms with Crippen LogP contribution in [-0.2, 0) is 11.8 Å². The van der Waals surface area contributed by atoms with Gasteiger partial charge in [0.2, 0.25) is 0 Å². The van der Waals surface area contributed by atoms with Crippen LogP contribution in [0.1, 0.15) is 17.5 Å². The van der Waals surface area contributed by atoms with E-state index in [0.29, 0.717) is 0 Å². The summed E-state index contributed by atoms with van der Waals surface area (Å²) in [5.41, 5.74) is 2.79. The van der Waals surface area contributed by atoms with Gasteiger partial charge in [0.05, 0.1) is 0 Å². The highest BCUT2D eigenvalue weighted by molar-refractivity contribution is 9.08. The second-order valence-electron chi connectivity index (χ2n) is 2.69. The average Bonchev–Trinajstić information content (AvgIpc) is 2.15. The second-order valence-corrected chi connectivity index (χ2v) is 3.63. The maximum Gasteiger partial charge on any atom is 0.0285 e. The third-order valence-electron chi connectivity index (χ3n) is 1.84. The first-order valence-corrected chi connectivity index (χ1v) is 5.72. The van der Waals surface area contributed by atoms with Crippen LogP contribution >= 0.6 is 27.5 Å². The molecule has 0 atom stereocenters. The van der Waals surface area contributed by atoms with Crippen LogP contribution in [0, 0.1) is 0 Å². The molecule has 0 aliphatic heterocycles. The van der Waals surface area contributed by atoms with Crippen molar-refractivity contribution in [3.63, 3.8) is 0 Å². The number of benzene rings is 1. The zero-order valence-corrected chi connectivity index (χ0v) is 9.24. The van der Waals surface area contributed by atoms with Gasteiger partial charge < -0.3 is 0 Å². The Bertz CT molecular complexity index is 235. The molecule has 1 rings (SSSR count). The summed E-state index contributed by atoms with van der Waals surface area (Å²) in [7, 11) is 0. The van der Waals surface area contributed by atoms with Gasteiger partial charge in [0.25, 0.3) is 0 Å². The van der Waals surface area contributed by atoms with Crippen LogP contribution in [0.2, 0.25) is 0 Å². The van der Waals surface area contributed by atoms with Crippen molar-refractivity contribution in [3.05, 3.63) is 35.4 Å². The Morgan fingerprint density at radius 2 is 1.83 bits per heavy atom. The standard InChI is InChI=1S/C10H12BrCl/c11-8-10-5-2-1-4-9(10)6-3-7-12/h1-2,4-5H,3,6-8H2. The summed E-state index contributed by atoms with van der Waals surface area (Å²) in [6, 6.07) is 8.47. The van der Waals surface area contributed by atoms with Crippen molar-refractivity contribution in [1.29, 1.82) is 0 Å². The third-order valence-corrected chi connectivity index (χ3v) is 2.71. The highest BCUT2D eigenvalue weighted by atomic mass is 79.9. The van der Waals surface area contributed by atoms with E-state index in [1.165, 1.54) is 11.1 Å². The Kier molecular flexibility index (Phi) is 4.70. The topological polar surface area (TPSA) is 0 Å². The molecule has 0 spiro atoms. The van der Waals surface area contributed by atoms with E-state index in [1.54, 1.807) is 0 Å². The fourth-order valence-electron chi connectivity index (χ4n) is 1.19. The van der Waals surface area contributed by atoms with Crippen LogP contribution in [0.3, 0.4) is 0 Å². The van der Waals surface area contributed by atoms with E-state index in [0.717, 1.165) is 24.1 Å². The maximum atomic E-state index is 5.64. The minimum absolute atomic E-state index is 0.747. The van der Waals surface area contributed by atoms with E-state index in [1.807, 2.05) is 0 Å². The Balaban J connectivity index is 2.68. The summed E-state index contributed by atoms with van der Waals surface area (Å²) >= 11 is 9.10. The van der Waals surface area contributed by atoms with Gasteiger partial charge in [-0.2, -0.15) is 0 Å². The Morgan fingerprint density at radius 1 is 1.17 bits per heavy atom. The molecule has 66 valence electrons. The molecule has 0 fully saturated rings. The molecule has 0 amide bonds. The Labute approximate surface area is 87.1 Å². The lowest BCUT2D eigenvalue weighted by Crippen LogP contribution is -1.91. The molecule has 0 nitrogen and oxygen atoms in total. The van der Waals surface area contributed by atoms with E-state index in [9.17, 15) is 0 Å². The Hall–Kier alpha value is -0.0100. The summed E-state index contributed by atoms with van der Waals surface area (Å²) in [4.78, 5) is 0. The number of alkyl halides is 2. The molecule has 0 bridgehead atoms. The first kappa shape index (κ1) is 10.1. The molecular weight excluding hydrogens is 235 g/mol.